The van der Waals surface area contributed by atoms with Crippen molar-refractivity contribution in [1.29, 1.82) is 0 Å². The zero-order valence-electron chi connectivity index (χ0n) is 15.3. The average Bonchev–Trinajstić information content (AvgIpc) is 2.70. The van der Waals surface area contributed by atoms with Crippen molar-refractivity contribution in [3.63, 3.8) is 0 Å². The van der Waals surface area contributed by atoms with Gasteiger partial charge in [-0.05, 0) is 42.5 Å². The SMILES string of the molecule is O=C(CNC(=O)c1ccc(Cl)cc1Cl)NCC(=O)Nc1ccc2oc(=O)ccc2c1. The average molecular weight is 448 g/mol. The van der Waals surface area contributed by atoms with Gasteiger partial charge in [0.15, 0.2) is 0 Å². The first-order chi connectivity index (χ1) is 14.3. The van der Waals surface area contributed by atoms with Gasteiger partial charge >= 0.3 is 5.63 Å². The second-order valence-corrected chi connectivity index (χ2v) is 6.98. The summed E-state index contributed by atoms with van der Waals surface area (Å²) in [6, 6.07) is 12.0. The molecule has 2 aromatic carbocycles. The van der Waals surface area contributed by atoms with Crippen molar-refractivity contribution >= 4 is 57.6 Å². The van der Waals surface area contributed by atoms with Crippen LogP contribution in [0.2, 0.25) is 10.0 Å². The molecular formula is C20H15Cl2N3O5. The number of amides is 3. The van der Waals surface area contributed by atoms with E-state index in [1.807, 2.05) is 0 Å². The highest BCUT2D eigenvalue weighted by Crippen LogP contribution is 2.20. The van der Waals surface area contributed by atoms with Crippen molar-refractivity contribution in [2.75, 3.05) is 18.4 Å². The lowest BCUT2D eigenvalue weighted by atomic mass is 10.2. The minimum absolute atomic E-state index is 0.162. The Kier molecular flexibility index (Phi) is 6.71. The Morgan fingerprint density at radius 1 is 0.867 bits per heavy atom. The smallest absolute Gasteiger partial charge is 0.336 e. The first kappa shape index (κ1) is 21.4. The number of fused-ring (bicyclic) bond motifs is 1. The minimum atomic E-state index is -0.552. The number of anilines is 1. The van der Waals surface area contributed by atoms with Crippen molar-refractivity contribution in [2.45, 2.75) is 0 Å². The minimum Gasteiger partial charge on any atom is -0.423 e. The molecule has 0 aliphatic carbocycles. The Labute approximate surface area is 180 Å². The van der Waals surface area contributed by atoms with E-state index in [1.54, 1.807) is 24.3 Å². The summed E-state index contributed by atoms with van der Waals surface area (Å²) in [6.07, 6.45) is 0. The maximum atomic E-state index is 12.1. The second-order valence-electron chi connectivity index (χ2n) is 6.14. The van der Waals surface area contributed by atoms with Gasteiger partial charge in [-0.25, -0.2) is 4.79 Å². The monoisotopic (exact) mass is 447 g/mol. The highest BCUT2D eigenvalue weighted by molar-refractivity contribution is 6.36. The molecule has 1 heterocycles. The Morgan fingerprint density at radius 2 is 1.63 bits per heavy atom. The van der Waals surface area contributed by atoms with Gasteiger partial charge in [-0.2, -0.15) is 0 Å². The van der Waals surface area contributed by atoms with Crippen LogP contribution in [0.4, 0.5) is 5.69 Å². The molecule has 3 amide bonds. The van der Waals surface area contributed by atoms with E-state index < -0.39 is 23.3 Å². The summed E-state index contributed by atoms with van der Waals surface area (Å²) < 4.78 is 5.02. The third-order valence-corrected chi connectivity index (χ3v) is 4.48. The number of hydrogen-bond acceptors (Lipinski definition) is 5. The second kappa shape index (κ2) is 9.43. The van der Waals surface area contributed by atoms with Gasteiger partial charge in [0.1, 0.15) is 5.58 Å². The van der Waals surface area contributed by atoms with Gasteiger partial charge in [0, 0.05) is 22.2 Å². The summed E-state index contributed by atoms with van der Waals surface area (Å²) in [5, 5.41) is 8.61. The molecule has 0 fully saturated rings. The Balaban J connectivity index is 1.47. The van der Waals surface area contributed by atoms with Crippen LogP contribution in [0.25, 0.3) is 11.0 Å². The van der Waals surface area contributed by atoms with Crippen LogP contribution in [0.15, 0.2) is 57.7 Å². The molecule has 10 heteroatoms. The van der Waals surface area contributed by atoms with E-state index in [4.69, 9.17) is 27.6 Å². The zero-order chi connectivity index (χ0) is 21.7. The lowest BCUT2D eigenvalue weighted by Crippen LogP contribution is -2.40. The van der Waals surface area contributed by atoms with E-state index in [-0.39, 0.29) is 23.7 Å². The van der Waals surface area contributed by atoms with Crippen molar-refractivity contribution in [3.8, 4) is 0 Å². The molecule has 0 aliphatic heterocycles. The Hall–Kier alpha value is -3.36. The third-order valence-electron chi connectivity index (χ3n) is 3.93. The van der Waals surface area contributed by atoms with Gasteiger partial charge in [-0.3, -0.25) is 14.4 Å². The van der Waals surface area contributed by atoms with Crippen LogP contribution in [0, 0.1) is 0 Å². The quantitative estimate of drug-likeness (QED) is 0.501. The van der Waals surface area contributed by atoms with E-state index in [0.29, 0.717) is 21.7 Å². The fourth-order valence-corrected chi connectivity index (χ4v) is 3.02. The van der Waals surface area contributed by atoms with Crippen molar-refractivity contribution < 1.29 is 18.8 Å². The fourth-order valence-electron chi connectivity index (χ4n) is 2.53. The van der Waals surface area contributed by atoms with Crippen molar-refractivity contribution in [2.24, 2.45) is 0 Å². The topological polar surface area (TPSA) is 118 Å². The molecule has 0 atom stereocenters. The van der Waals surface area contributed by atoms with Crippen molar-refractivity contribution in [3.05, 3.63) is 74.6 Å². The van der Waals surface area contributed by atoms with Gasteiger partial charge in [-0.1, -0.05) is 23.2 Å². The summed E-state index contributed by atoms with van der Waals surface area (Å²) in [5.41, 5.74) is 0.581. The lowest BCUT2D eigenvalue weighted by molar-refractivity contribution is -0.123. The highest BCUT2D eigenvalue weighted by Gasteiger charge is 2.13. The summed E-state index contributed by atoms with van der Waals surface area (Å²) in [4.78, 5) is 47.2. The molecule has 0 saturated heterocycles. The van der Waals surface area contributed by atoms with Crippen LogP contribution in [-0.2, 0) is 9.59 Å². The molecule has 0 unspecified atom stereocenters. The Bertz CT molecular complexity index is 1190. The van der Waals surface area contributed by atoms with E-state index in [9.17, 15) is 19.2 Å². The Morgan fingerprint density at radius 3 is 2.40 bits per heavy atom. The first-order valence-electron chi connectivity index (χ1n) is 8.65. The van der Waals surface area contributed by atoms with Crippen LogP contribution < -0.4 is 21.6 Å². The summed E-state index contributed by atoms with van der Waals surface area (Å²) >= 11 is 11.7. The molecule has 0 bridgehead atoms. The molecule has 30 heavy (non-hydrogen) atoms. The lowest BCUT2D eigenvalue weighted by Gasteiger charge is -2.09. The number of benzene rings is 2. The number of carbonyl (C=O) groups is 3. The maximum absolute atomic E-state index is 12.1. The third kappa shape index (κ3) is 5.59. The molecule has 154 valence electrons. The molecule has 8 nitrogen and oxygen atoms in total. The number of carbonyl (C=O) groups excluding carboxylic acids is 3. The first-order valence-corrected chi connectivity index (χ1v) is 9.41. The largest absolute Gasteiger partial charge is 0.423 e. The predicted octanol–water partition coefficient (Wildman–Crippen LogP) is 2.58. The van der Waals surface area contributed by atoms with Crippen LogP contribution in [0.5, 0.6) is 0 Å². The van der Waals surface area contributed by atoms with E-state index >= 15 is 0 Å². The number of rotatable bonds is 6. The summed E-state index contributed by atoms with van der Waals surface area (Å²) in [5.74, 6) is -1.56. The highest BCUT2D eigenvalue weighted by atomic mass is 35.5. The molecule has 3 aromatic rings. The standard InChI is InChI=1S/C20H15Cl2N3O5/c21-12-2-4-14(15(22)8-12)20(29)24-9-17(26)23-10-18(27)25-13-3-5-16-11(7-13)1-6-19(28)30-16/h1-8H,9-10H2,(H,23,26)(H,24,29)(H,25,27). The van der Waals surface area contributed by atoms with E-state index in [0.717, 1.165) is 0 Å². The molecule has 0 spiro atoms. The van der Waals surface area contributed by atoms with Crippen molar-refractivity contribution in [1.82, 2.24) is 10.6 Å². The van der Waals surface area contributed by atoms with Gasteiger partial charge < -0.3 is 20.4 Å². The van der Waals surface area contributed by atoms with Crippen LogP contribution in [0.3, 0.4) is 0 Å². The van der Waals surface area contributed by atoms with Crippen LogP contribution >= 0.6 is 23.2 Å². The van der Waals surface area contributed by atoms with Gasteiger partial charge in [-0.15, -0.1) is 0 Å². The summed E-state index contributed by atoms with van der Waals surface area (Å²) in [6.45, 7) is -0.627. The molecule has 1 aromatic heterocycles. The van der Waals surface area contributed by atoms with Gasteiger partial charge in [0.25, 0.3) is 5.91 Å². The molecule has 0 saturated carbocycles. The van der Waals surface area contributed by atoms with Gasteiger partial charge in [0.05, 0.1) is 23.7 Å². The predicted molar refractivity (Wildman–Crippen MR) is 113 cm³/mol. The van der Waals surface area contributed by atoms with Crippen LogP contribution in [-0.4, -0.2) is 30.8 Å². The zero-order valence-corrected chi connectivity index (χ0v) is 16.8. The number of halogens is 2. The normalized spacial score (nSPS) is 10.5. The fraction of sp³-hybridized carbons (Fsp3) is 0.100. The maximum Gasteiger partial charge on any atom is 0.336 e. The molecule has 3 rings (SSSR count). The van der Waals surface area contributed by atoms with E-state index in [2.05, 4.69) is 16.0 Å². The van der Waals surface area contributed by atoms with Crippen LogP contribution in [0.1, 0.15) is 10.4 Å². The molecular weight excluding hydrogens is 433 g/mol. The van der Waals surface area contributed by atoms with E-state index in [1.165, 1.54) is 24.3 Å². The molecule has 0 aliphatic rings. The molecule has 3 N–H and O–H groups in total. The number of hydrogen-bond donors (Lipinski definition) is 3. The molecule has 0 radical (unpaired) electrons. The number of nitrogens with one attached hydrogen (secondary N) is 3. The van der Waals surface area contributed by atoms with Gasteiger partial charge in [0.2, 0.25) is 11.8 Å². The summed E-state index contributed by atoms with van der Waals surface area (Å²) in [7, 11) is 0.